The molecule has 0 aliphatic carbocycles. The number of nitrogens with one attached hydrogen (secondary N) is 1. The highest BCUT2D eigenvalue weighted by Crippen LogP contribution is 2.26. The molecule has 2 rings (SSSR count). The van der Waals surface area contributed by atoms with Crippen LogP contribution in [0.4, 0.5) is 5.69 Å². The SMILES string of the molecule is Cc1ccccc1NC(=O)C(C)c1nc(C)c(C(=O)O)s1. The summed E-state index contributed by atoms with van der Waals surface area (Å²) in [7, 11) is 0. The first-order chi connectivity index (χ1) is 9.90. The van der Waals surface area contributed by atoms with E-state index < -0.39 is 11.9 Å². The van der Waals surface area contributed by atoms with Gasteiger partial charge in [-0.2, -0.15) is 0 Å². The van der Waals surface area contributed by atoms with E-state index in [-0.39, 0.29) is 10.8 Å². The van der Waals surface area contributed by atoms with Crippen LogP contribution in [0.2, 0.25) is 0 Å². The molecule has 1 aromatic carbocycles. The largest absolute Gasteiger partial charge is 0.477 e. The van der Waals surface area contributed by atoms with Gasteiger partial charge in [0, 0.05) is 5.69 Å². The van der Waals surface area contributed by atoms with Gasteiger partial charge in [0.15, 0.2) is 0 Å². The maximum absolute atomic E-state index is 12.3. The predicted molar refractivity (Wildman–Crippen MR) is 82.0 cm³/mol. The van der Waals surface area contributed by atoms with Crippen LogP contribution in [0.25, 0.3) is 0 Å². The molecule has 5 nitrogen and oxygen atoms in total. The molecule has 1 heterocycles. The third-order valence-electron chi connectivity index (χ3n) is 3.17. The normalized spacial score (nSPS) is 12.0. The molecule has 0 aliphatic heterocycles. The van der Waals surface area contributed by atoms with Crippen molar-refractivity contribution < 1.29 is 14.7 Å². The Morgan fingerprint density at radius 1 is 1.29 bits per heavy atom. The second-order valence-electron chi connectivity index (χ2n) is 4.80. The monoisotopic (exact) mass is 304 g/mol. The minimum Gasteiger partial charge on any atom is -0.477 e. The zero-order chi connectivity index (χ0) is 15.6. The van der Waals surface area contributed by atoms with Crippen LogP contribution in [0.1, 0.15) is 38.8 Å². The number of carboxylic acids is 1. The standard InChI is InChI=1S/C15H16N2O3S/c1-8-6-4-5-7-11(8)17-13(18)9(2)14-16-10(3)12(21-14)15(19)20/h4-7,9H,1-3H3,(H,17,18)(H,19,20). The molecule has 6 heteroatoms. The molecular formula is C15H16N2O3S. The van der Waals surface area contributed by atoms with E-state index in [1.165, 1.54) is 0 Å². The molecule has 1 aromatic heterocycles. The molecule has 1 unspecified atom stereocenters. The first kappa shape index (κ1) is 15.2. The van der Waals surface area contributed by atoms with Gasteiger partial charge in [0.25, 0.3) is 0 Å². The summed E-state index contributed by atoms with van der Waals surface area (Å²) in [6.07, 6.45) is 0. The number of nitrogens with zero attached hydrogens (tertiary/aromatic N) is 1. The van der Waals surface area contributed by atoms with E-state index in [1.807, 2.05) is 31.2 Å². The van der Waals surface area contributed by atoms with Crippen molar-refractivity contribution in [3.8, 4) is 0 Å². The summed E-state index contributed by atoms with van der Waals surface area (Å²) in [5.41, 5.74) is 2.17. The van der Waals surface area contributed by atoms with Gasteiger partial charge < -0.3 is 10.4 Å². The Labute approximate surface area is 126 Å². The number of aromatic carboxylic acids is 1. The van der Waals surface area contributed by atoms with Crippen LogP contribution >= 0.6 is 11.3 Å². The van der Waals surface area contributed by atoms with E-state index in [1.54, 1.807) is 13.8 Å². The van der Waals surface area contributed by atoms with Crippen molar-refractivity contribution in [1.29, 1.82) is 0 Å². The van der Waals surface area contributed by atoms with E-state index in [9.17, 15) is 9.59 Å². The fraction of sp³-hybridized carbons (Fsp3) is 0.267. The Bertz CT molecular complexity index is 694. The van der Waals surface area contributed by atoms with Crippen molar-refractivity contribution in [2.24, 2.45) is 0 Å². The summed E-state index contributed by atoms with van der Waals surface area (Å²) in [5.74, 6) is -1.71. The number of carboxylic acid groups (broad SMARTS) is 1. The number of carbonyl (C=O) groups is 2. The third kappa shape index (κ3) is 3.28. The predicted octanol–water partition coefficient (Wildman–Crippen LogP) is 3.20. The minimum atomic E-state index is -1.01. The highest BCUT2D eigenvalue weighted by molar-refractivity contribution is 7.13. The second-order valence-corrected chi connectivity index (χ2v) is 5.83. The number of carbonyl (C=O) groups excluding carboxylic acids is 1. The summed E-state index contributed by atoms with van der Waals surface area (Å²) < 4.78 is 0. The number of anilines is 1. The molecular weight excluding hydrogens is 288 g/mol. The number of hydrogen-bond donors (Lipinski definition) is 2. The number of hydrogen-bond acceptors (Lipinski definition) is 4. The summed E-state index contributed by atoms with van der Waals surface area (Å²) in [6, 6.07) is 7.49. The molecule has 0 aliphatic rings. The van der Waals surface area contributed by atoms with E-state index in [0.29, 0.717) is 10.7 Å². The Balaban J connectivity index is 2.18. The van der Waals surface area contributed by atoms with Crippen LogP contribution in [-0.4, -0.2) is 22.0 Å². The maximum atomic E-state index is 12.3. The molecule has 0 fully saturated rings. The first-order valence-corrected chi connectivity index (χ1v) is 7.29. The zero-order valence-electron chi connectivity index (χ0n) is 12.0. The molecule has 1 atom stereocenters. The maximum Gasteiger partial charge on any atom is 0.347 e. The summed E-state index contributed by atoms with van der Waals surface area (Å²) >= 11 is 1.05. The van der Waals surface area contributed by atoms with Gasteiger partial charge in [0.05, 0.1) is 11.6 Å². The van der Waals surface area contributed by atoms with Gasteiger partial charge in [-0.05, 0) is 32.4 Å². The number of aromatic nitrogens is 1. The molecule has 1 amide bonds. The smallest absolute Gasteiger partial charge is 0.347 e. The van der Waals surface area contributed by atoms with Gasteiger partial charge in [0.2, 0.25) is 5.91 Å². The number of aryl methyl sites for hydroxylation is 2. The number of benzene rings is 1. The Kier molecular flexibility index (Phi) is 4.37. The van der Waals surface area contributed by atoms with E-state index in [0.717, 1.165) is 22.6 Å². The van der Waals surface area contributed by atoms with Crippen molar-refractivity contribution in [3.63, 3.8) is 0 Å². The van der Waals surface area contributed by atoms with Crippen molar-refractivity contribution in [1.82, 2.24) is 4.98 Å². The highest BCUT2D eigenvalue weighted by Gasteiger charge is 2.23. The molecule has 0 spiro atoms. The molecule has 0 saturated carbocycles. The van der Waals surface area contributed by atoms with Gasteiger partial charge in [-0.25, -0.2) is 9.78 Å². The highest BCUT2D eigenvalue weighted by atomic mass is 32.1. The van der Waals surface area contributed by atoms with Gasteiger partial charge in [-0.15, -0.1) is 11.3 Å². The van der Waals surface area contributed by atoms with Crippen molar-refractivity contribution in [2.75, 3.05) is 5.32 Å². The van der Waals surface area contributed by atoms with Crippen LogP contribution in [0.3, 0.4) is 0 Å². The Hall–Kier alpha value is -2.21. The second kappa shape index (κ2) is 6.05. The first-order valence-electron chi connectivity index (χ1n) is 6.47. The average molecular weight is 304 g/mol. The topological polar surface area (TPSA) is 79.3 Å². The fourth-order valence-electron chi connectivity index (χ4n) is 1.87. The summed E-state index contributed by atoms with van der Waals surface area (Å²) in [5, 5.41) is 12.4. The lowest BCUT2D eigenvalue weighted by Crippen LogP contribution is -2.19. The van der Waals surface area contributed by atoms with Crippen LogP contribution in [0.15, 0.2) is 24.3 Å². The molecule has 2 aromatic rings. The lowest BCUT2D eigenvalue weighted by atomic mass is 10.1. The Morgan fingerprint density at radius 2 is 1.95 bits per heavy atom. The lowest BCUT2D eigenvalue weighted by molar-refractivity contribution is -0.117. The van der Waals surface area contributed by atoms with Gasteiger partial charge >= 0.3 is 5.97 Å². The molecule has 0 bridgehead atoms. The zero-order valence-corrected chi connectivity index (χ0v) is 12.8. The molecule has 0 radical (unpaired) electrons. The van der Waals surface area contributed by atoms with Crippen molar-refractivity contribution in [3.05, 3.63) is 45.4 Å². The van der Waals surface area contributed by atoms with E-state index in [2.05, 4.69) is 10.3 Å². The van der Waals surface area contributed by atoms with Crippen LogP contribution in [-0.2, 0) is 4.79 Å². The quantitative estimate of drug-likeness (QED) is 0.909. The number of rotatable bonds is 4. The molecule has 110 valence electrons. The number of para-hydroxylation sites is 1. The van der Waals surface area contributed by atoms with Crippen LogP contribution in [0.5, 0.6) is 0 Å². The van der Waals surface area contributed by atoms with E-state index in [4.69, 9.17) is 5.11 Å². The van der Waals surface area contributed by atoms with Crippen molar-refractivity contribution >= 4 is 28.9 Å². The minimum absolute atomic E-state index is 0.181. The van der Waals surface area contributed by atoms with Crippen LogP contribution < -0.4 is 5.32 Å². The average Bonchev–Trinajstić information content (AvgIpc) is 2.82. The summed E-state index contributed by atoms with van der Waals surface area (Å²) in [4.78, 5) is 27.7. The number of amides is 1. The van der Waals surface area contributed by atoms with Crippen molar-refractivity contribution in [2.45, 2.75) is 26.7 Å². The van der Waals surface area contributed by atoms with Gasteiger partial charge in [-0.3, -0.25) is 4.79 Å². The Morgan fingerprint density at radius 3 is 2.52 bits per heavy atom. The fourth-order valence-corrected chi connectivity index (χ4v) is 2.82. The number of thiazole rings is 1. The molecule has 2 N–H and O–H groups in total. The third-order valence-corrected chi connectivity index (χ3v) is 4.50. The molecule has 0 saturated heterocycles. The lowest BCUT2D eigenvalue weighted by Gasteiger charge is -2.11. The summed E-state index contributed by atoms with van der Waals surface area (Å²) in [6.45, 7) is 5.27. The molecule has 21 heavy (non-hydrogen) atoms. The van der Waals surface area contributed by atoms with Gasteiger partial charge in [-0.1, -0.05) is 18.2 Å². The van der Waals surface area contributed by atoms with E-state index >= 15 is 0 Å². The van der Waals surface area contributed by atoms with Crippen LogP contribution in [0, 0.1) is 13.8 Å². The van der Waals surface area contributed by atoms with Gasteiger partial charge in [0.1, 0.15) is 9.88 Å².